The van der Waals surface area contributed by atoms with Crippen LogP contribution in [0.25, 0.3) is 0 Å². The Hall–Kier alpha value is -0.302. The van der Waals surface area contributed by atoms with Crippen LogP contribution in [-0.2, 0) is 43.8 Å². The molecule has 0 aromatic heterocycles. The zero-order valence-corrected chi connectivity index (χ0v) is 38.2. The van der Waals surface area contributed by atoms with Crippen molar-refractivity contribution in [2.75, 3.05) is 13.2 Å². The van der Waals surface area contributed by atoms with E-state index in [-0.39, 0.29) is 13.2 Å². The van der Waals surface area contributed by atoms with E-state index < -0.39 is 71.4 Å². The molecule has 0 atom stereocenters. The molecule has 0 aliphatic heterocycles. The lowest BCUT2D eigenvalue weighted by atomic mass is 10.4. The smallest absolute Gasteiger partial charge is 0.462 e. The minimum Gasteiger partial charge on any atom is -0.462 e. The molecule has 0 bridgehead atoms. The second-order valence-corrected chi connectivity index (χ2v) is 44.2. The molecule has 0 spiro atoms. The predicted octanol–water partition coefficient (Wildman–Crippen LogP) is 8.02. The quantitative estimate of drug-likeness (QED) is 0.0467. The fourth-order valence-electron chi connectivity index (χ4n) is 4.22. The third kappa shape index (κ3) is 21.3. The fraction of sp³-hybridized carbons (Fsp3) is 0.786. The van der Waals surface area contributed by atoms with Gasteiger partial charge in [-0.1, -0.05) is 13.2 Å². The van der Waals surface area contributed by atoms with Crippen LogP contribution in [0.1, 0.15) is 26.7 Å². The number of esters is 2. The van der Waals surface area contributed by atoms with Gasteiger partial charge in [-0.15, -0.1) is 0 Å². The molecule has 0 aromatic rings. The van der Waals surface area contributed by atoms with Gasteiger partial charge in [-0.3, -0.25) is 0 Å². The average Bonchev–Trinajstić information content (AvgIpc) is 2.73. The number of carbonyl (C=O) groups excluding carboxylic acids is 2. The van der Waals surface area contributed by atoms with Gasteiger partial charge >= 0.3 is 38.1 Å². The molecule has 45 heavy (non-hydrogen) atoms. The van der Waals surface area contributed by atoms with Crippen LogP contribution >= 0.6 is 0 Å². The topological polar surface area (TPSA) is 108 Å². The zero-order chi connectivity index (χ0) is 35.7. The SMILES string of the molecule is C=C(C)C(=O)OCCC[Si](O[Si](C)(C)C)(O[Si](C)(C)C)O[Si](C)(C)O[Si](CCCOC(=O)C(=C)C)(O[Si](C)(C)C)O[Si](C)(C)C. The highest BCUT2D eigenvalue weighted by Crippen LogP contribution is 2.35. The van der Waals surface area contributed by atoms with Crippen LogP contribution in [0.3, 0.4) is 0 Å². The summed E-state index contributed by atoms with van der Waals surface area (Å²) in [4.78, 5) is 24.1. The van der Waals surface area contributed by atoms with E-state index in [0.29, 0.717) is 36.1 Å². The molecule has 0 amide bonds. The highest BCUT2D eigenvalue weighted by molar-refractivity contribution is 6.93. The summed E-state index contributed by atoms with van der Waals surface area (Å²) in [7, 11) is -18.6. The van der Waals surface area contributed by atoms with Crippen molar-refractivity contribution < 1.29 is 43.8 Å². The molecule has 0 rings (SSSR count). The molecule has 0 saturated heterocycles. The van der Waals surface area contributed by atoms with E-state index >= 15 is 0 Å². The van der Waals surface area contributed by atoms with Crippen LogP contribution in [-0.4, -0.2) is 84.6 Å². The van der Waals surface area contributed by atoms with Crippen molar-refractivity contribution in [3.63, 3.8) is 0 Å². The molecule has 0 saturated carbocycles. The minimum atomic E-state index is -3.38. The van der Waals surface area contributed by atoms with E-state index in [9.17, 15) is 9.59 Å². The maximum absolute atomic E-state index is 12.1. The van der Waals surface area contributed by atoms with Crippen LogP contribution in [0, 0.1) is 0 Å². The molecule has 0 heterocycles. The first-order chi connectivity index (χ1) is 19.9. The number of hydrogen-bond donors (Lipinski definition) is 0. The first-order valence-corrected chi connectivity index (χ1v) is 36.1. The van der Waals surface area contributed by atoms with Crippen LogP contribution in [0.2, 0.25) is 104 Å². The summed E-state index contributed by atoms with van der Waals surface area (Å²) in [5.41, 5.74) is 0.711. The summed E-state index contributed by atoms with van der Waals surface area (Å²) in [6, 6.07) is 0.944. The Morgan fingerprint density at radius 3 is 0.911 bits per heavy atom. The molecule has 0 aliphatic carbocycles. The van der Waals surface area contributed by atoms with E-state index in [0.717, 1.165) is 0 Å². The van der Waals surface area contributed by atoms with Crippen LogP contribution in [0.4, 0.5) is 0 Å². The number of carbonyl (C=O) groups is 2. The Kier molecular flexibility index (Phi) is 17.3. The van der Waals surface area contributed by atoms with Crippen molar-refractivity contribution in [2.24, 2.45) is 0 Å². The fourth-order valence-corrected chi connectivity index (χ4v) is 32.5. The van der Waals surface area contributed by atoms with Gasteiger partial charge in [0.05, 0.1) is 13.2 Å². The highest BCUT2D eigenvalue weighted by atomic mass is 28.5. The molecule has 264 valence electrons. The van der Waals surface area contributed by atoms with Crippen molar-refractivity contribution in [1.29, 1.82) is 0 Å². The van der Waals surface area contributed by atoms with Gasteiger partial charge in [-0.2, -0.15) is 0 Å². The Balaban J connectivity index is 6.67. The zero-order valence-electron chi connectivity index (χ0n) is 31.2. The van der Waals surface area contributed by atoms with E-state index in [1.54, 1.807) is 13.8 Å². The number of hydrogen-bond acceptors (Lipinski definition) is 10. The third-order valence-corrected chi connectivity index (χ3v) is 28.2. The van der Waals surface area contributed by atoms with E-state index in [2.05, 4.69) is 91.7 Å². The van der Waals surface area contributed by atoms with Crippen molar-refractivity contribution >= 4 is 71.4 Å². The molecule has 0 unspecified atom stereocenters. The van der Waals surface area contributed by atoms with Gasteiger partial charge in [0.2, 0.25) is 0 Å². The van der Waals surface area contributed by atoms with Gasteiger partial charge in [0, 0.05) is 23.2 Å². The first kappa shape index (κ1) is 44.7. The largest absolute Gasteiger partial charge is 0.471 e. The van der Waals surface area contributed by atoms with Gasteiger partial charge in [0.1, 0.15) is 0 Å². The molecular weight excluding hydrogens is 693 g/mol. The highest BCUT2D eigenvalue weighted by Gasteiger charge is 2.56. The Morgan fingerprint density at radius 1 is 0.467 bits per heavy atom. The summed E-state index contributed by atoms with van der Waals surface area (Å²) in [6.07, 6.45) is 1.02. The molecule has 17 heteroatoms. The lowest BCUT2D eigenvalue weighted by Crippen LogP contribution is -2.66. The van der Waals surface area contributed by atoms with E-state index in [1.165, 1.54) is 0 Å². The summed E-state index contributed by atoms with van der Waals surface area (Å²) in [5, 5.41) is 0. The van der Waals surface area contributed by atoms with Crippen molar-refractivity contribution in [3.05, 3.63) is 24.3 Å². The van der Waals surface area contributed by atoms with Gasteiger partial charge < -0.3 is 34.2 Å². The third-order valence-electron chi connectivity index (χ3n) is 5.07. The van der Waals surface area contributed by atoms with Gasteiger partial charge in [-0.05, 0) is 118 Å². The Labute approximate surface area is 282 Å². The van der Waals surface area contributed by atoms with Crippen LogP contribution in [0.15, 0.2) is 24.3 Å². The summed E-state index contributed by atoms with van der Waals surface area (Å²) in [6.45, 7) is 40.5. The average molecular weight is 757 g/mol. The Bertz CT molecular complexity index is 899. The van der Waals surface area contributed by atoms with Gasteiger partial charge in [0.25, 0.3) is 0 Å². The van der Waals surface area contributed by atoms with Crippen LogP contribution in [0.5, 0.6) is 0 Å². The molecule has 0 N–H and O–H groups in total. The second-order valence-electron chi connectivity index (χ2n) is 15.9. The second kappa shape index (κ2) is 17.4. The number of ether oxygens (including phenoxy) is 2. The van der Waals surface area contributed by atoms with Crippen LogP contribution < -0.4 is 0 Å². The molecular formula is C28H64O10Si7. The lowest BCUT2D eigenvalue weighted by Gasteiger charge is -2.47. The molecule has 0 aliphatic rings. The monoisotopic (exact) mass is 756 g/mol. The van der Waals surface area contributed by atoms with E-state index in [4.69, 9.17) is 34.2 Å². The lowest BCUT2D eigenvalue weighted by molar-refractivity contribution is -0.139. The predicted molar refractivity (Wildman–Crippen MR) is 199 cm³/mol. The summed E-state index contributed by atoms with van der Waals surface area (Å²) < 4.78 is 52.7. The van der Waals surface area contributed by atoms with Gasteiger partial charge in [0.15, 0.2) is 33.3 Å². The summed E-state index contributed by atoms with van der Waals surface area (Å²) in [5.74, 6) is -0.842. The molecule has 0 aromatic carbocycles. The minimum absolute atomic E-state index is 0.204. The normalized spacial score (nSPS) is 13.9. The summed E-state index contributed by atoms with van der Waals surface area (Å²) >= 11 is 0. The number of rotatable bonds is 22. The maximum Gasteiger partial charge on any atom is 0.471 e. The first-order valence-electron chi connectivity index (χ1n) is 15.8. The van der Waals surface area contributed by atoms with Crippen molar-refractivity contribution in [2.45, 2.75) is 130 Å². The van der Waals surface area contributed by atoms with Crippen molar-refractivity contribution in [3.8, 4) is 0 Å². The molecule has 0 fully saturated rings. The standard InChI is InChI=1S/C28H64O10Si7/c1-25(2)27(29)31-21-19-23-44(33-39(5,6)7,34-40(8,9)10)37-43(17,18)38-45(35-41(11,12)13,36-42(14,15)16)24-20-22-32-28(30)26(3)4/h1,3,19-24H2,2,4-18H3. The van der Waals surface area contributed by atoms with Crippen molar-refractivity contribution in [1.82, 2.24) is 0 Å². The molecule has 10 nitrogen and oxygen atoms in total. The van der Waals surface area contributed by atoms with Gasteiger partial charge in [-0.25, -0.2) is 9.59 Å². The molecule has 0 radical (unpaired) electrons. The maximum atomic E-state index is 12.1. The Morgan fingerprint density at radius 2 is 0.711 bits per heavy atom. The van der Waals surface area contributed by atoms with E-state index in [1.807, 2.05) is 13.1 Å².